The van der Waals surface area contributed by atoms with Gasteiger partial charge in [0, 0.05) is 19.1 Å². The lowest BCUT2D eigenvalue weighted by molar-refractivity contribution is -0.0687. The molecular formula is C19H30N2O3. The Hall–Kier alpha value is -1.14. The number of hydrogen-bond donors (Lipinski definition) is 1. The number of hydrogen-bond acceptors (Lipinski definition) is 5. The number of aryl methyl sites for hydroxylation is 1. The zero-order valence-corrected chi connectivity index (χ0v) is 14.9. The summed E-state index contributed by atoms with van der Waals surface area (Å²) in [4.78, 5) is 4.78. The molecule has 24 heavy (non-hydrogen) atoms. The molecule has 1 aromatic rings. The van der Waals surface area contributed by atoms with Crippen molar-refractivity contribution in [1.82, 2.24) is 9.80 Å². The highest BCUT2D eigenvalue weighted by Gasteiger charge is 2.36. The third kappa shape index (κ3) is 4.70. The number of rotatable bonds is 4. The summed E-state index contributed by atoms with van der Waals surface area (Å²) in [6, 6.07) is 8.48. The molecule has 0 spiro atoms. The number of ether oxygens (including phenoxy) is 2. The summed E-state index contributed by atoms with van der Waals surface area (Å²) in [7, 11) is 2.17. The van der Waals surface area contributed by atoms with E-state index in [2.05, 4.69) is 16.8 Å². The Morgan fingerprint density at radius 1 is 1.29 bits per heavy atom. The highest BCUT2D eigenvalue weighted by atomic mass is 16.5. The molecule has 0 aliphatic carbocycles. The van der Waals surface area contributed by atoms with Gasteiger partial charge < -0.3 is 19.5 Å². The molecule has 0 amide bonds. The van der Waals surface area contributed by atoms with Crippen LogP contribution in [0.2, 0.25) is 0 Å². The van der Waals surface area contributed by atoms with Crippen molar-refractivity contribution >= 4 is 0 Å². The number of likely N-dealkylation sites (tertiary alicyclic amines) is 1. The minimum atomic E-state index is -0.955. The van der Waals surface area contributed by atoms with Crippen LogP contribution in [-0.4, -0.2) is 79.6 Å². The summed E-state index contributed by atoms with van der Waals surface area (Å²) >= 11 is 0. The van der Waals surface area contributed by atoms with E-state index in [1.165, 1.54) is 0 Å². The van der Waals surface area contributed by atoms with Gasteiger partial charge in [-0.25, -0.2) is 0 Å². The van der Waals surface area contributed by atoms with Gasteiger partial charge >= 0.3 is 0 Å². The predicted molar refractivity (Wildman–Crippen MR) is 94.5 cm³/mol. The van der Waals surface area contributed by atoms with Gasteiger partial charge in [0.1, 0.15) is 18.0 Å². The van der Waals surface area contributed by atoms with Crippen molar-refractivity contribution in [2.24, 2.45) is 0 Å². The van der Waals surface area contributed by atoms with Crippen molar-refractivity contribution in [2.45, 2.75) is 31.4 Å². The smallest absolute Gasteiger partial charge is 0.134 e. The van der Waals surface area contributed by atoms with Crippen LogP contribution < -0.4 is 4.74 Å². The van der Waals surface area contributed by atoms with Crippen molar-refractivity contribution in [2.75, 3.05) is 53.0 Å². The van der Waals surface area contributed by atoms with Gasteiger partial charge in [0.15, 0.2) is 0 Å². The van der Waals surface area contributed by atoms with Crippen LogP contribution in [0.4, 0.5) is 0 Å². The van der Waals surface area contributed by atoms with E-state index >= 15 is 0 Å². The molecule has 2 aliphatic heterocycles. The van der Waals surface area contributed by atoms with Gasteiger partial charge in [-0.3, -0.25) is 4.90 Å². The molecule has 1 atom stereocenters. The molecule has 1 N–H and O–H groups in total. The van der Waals surface area contributed by atoms with E-state index in [0.717, 1.165) is 43.8 Å². The quantitative estimate of drug-likeness (QED) is 0.905. The first-order valence-corrected chi connectivity index (χ1v) is 8.96. The second-order valence-electron chi connectivity index (χ2n) is 7.39. The lowest BCUT2D eigenvalue weighted by Gasteiger charge is -2.39. The van der Waals surface area contributed by atoms with E-state index in [1.807, 2.05) is 31.2 Å². The molecule has 2 fully saturated rings. The van der Waals surface area contributed by atoms with Gasteiger partial charge in [-0.15, -0.1) is 0 Å². The second-order valence-corrected chi connectivity index (χ2v) is 7.39. The fraction of sp³-hybridized carbons (Fsp3) is 0.684. The first-order valence-electron chi connectivity index (χ1n) is 8.96. The molecule has 0 radical (unpaired) electrons. The molecule has 5 heteroatoms. The fourth-order valence-electron chi connectivity index (χ4n) is 3.63. The van der Waals surface area contributed by atoms with E-state index in [-0.39, 0.29) is 6.61 Å². The number of β-amino-alcohol motifs (C(OH)–C–C–N with tert-alkyl or cyclic N) is 1. The van der Waals surface area contributed by atoms with Crippen LogP contribution in [0, 0.1) is 6.92 Å². The van der Waals surface area contributed by atoms with Crippen molar-refractivity contribution in [3.8, 4) is 5.75 Å². The number of aliphatic hydroxyl groups is 1. The SMILES string of the molecule is Cc1cccc(OCC2(O)COCCN(C3CCN(C)CC3)C2)c1. The van der Waals surface area contributed by atoms with Gasteiger partial charge in [0.25, 0.3) is 0 Å². The van der Waals surface area contributed by atoms with E-state index in [0.29, 0.717) is 25.8 Å². The maximum atomic E-state index is 11.0. The van der Waals surface area contributed by atoms with Crippen LogP contribution >= 0.6 is 0 Å². The second kappa shape index (κ2) is 7.83. The standard InChI is InChI=1S/C19H30N2O3/c1-16-4-3-5-18(12-16)24-15-19(22)13-21(10-11-23-14-19)17-6-8-20(2)9-7-17/h3-5,12,17,22H,6-11,13-15H2,1-2H3. The molecule has 1 unspecified atom stereocenters. The van der Waals surface area contributed by atoms with E-state index in [4.69, 9.17) is 9.47 Å². The first kappa shape index (κ1) is 17.7. The number of nitrogens with zero attached hydrogens (tertiary/aromatic N) is 2. The zero-order chi connectivity index (χ0) is 17.0. The summed E-state index contributed by atoms with van der Waals surface area (Å²) in [5.74, 6) is 0.804. The Kier molecular flexibility index (Phi) is 5.76. The van der Waals surface area contributed by atoms with Crippen LogP contribution in [0.25, 0.3) is 0 Å². The maximum Gasteiger partial charge on any atom is 0.134 e. The lowest BCUT2D eigenvalue weighted by atomic mass is 10.00. The molecule has 0 saturated carbocycles. The lowest BCUT2D eigenvalue weighted by Crippen LogP contribution is -2.53. The third-order valence-corrected chi connectivity index (χ3v) is 5.09. The maximum absolute atomic E-state index is 11.0. The predicted octanol–water partition coefficient (Wildman–Crippen LogP) is 1.53. The van der Waals surface area contributed by atoms with E-state index in [1.54, 1.807) is 0 Å². The van der Waals surface area contributed by atoms with Crippen molar-refractivity contribution in [3.63, 3.8) is 0 Å². The fourth-order valence-corrected chi connectivity index (χ4v) is 3.63. The summed E-state index contributed by atoms with van der Waals surface area (Å²) in [5, 5.41) is 11.0. The minimum absolute atomic E-state index is 0.263. The van der Waals surface area contributed by atoms with Gasteiger partial charge in [-0.2, -0.15) is 0 Å². The zero-order valence-electron chi connectivity index (χ0n) is 14.9. The molecule has 134 valence electrons. The molecule has 0 aromatic heterocycles. The molecule has 2 heterocycles. The van der Waals surface area contributed by atoms with Gasteiger partial charge in [-0.1, -0.05) is 12.1 Å². The van der Waals surface area contributed by atoms with Crippen molar-refractivity contribution in [3.05, 3.63) is 29.8 Å². The molecule has 2 aliphatic rings. The van der Waals surface area contributed by atoms with Crippen LogP contribution in [0.1, 0.15) is 18.4 Å². The Morgan fingerprint density at radius 2 is 2.08 bits per heavy atom. The number of piperidine rings is 1. The van der Waals surface area contributed by atoms with E-state index < -0.39 is 5.60 Å². The average Bonchev–Trinajstić information content (AvgIpc) is 2.76. The summed E-state index contributed by atoms with van der Waals surface area (Å²) in [5.41, 5.74) is 0.202. The molecular weight excluding hydrogens is 304 g/mol. The molecule has 2 saturated heterocycles. The minimum Gasteiger partial charge on any atom is -0.490 e. The average molecular weight is 334 g/mol. The molecule has 0 bridgehead atoms. The summed E-state index contributed by atoms with van der Waals surface area (Å²) < 4.78 is 11.6. The van der Waals surface area contributed by atoms with Gasteiger partial charge in [0.05, 0.1) is 13.2 Å². The first-order chi connectivity index (χ1) is 11.5. The van der Waals surface area contributed by atoms with Gasteiger partial charge in [0.2, 0.25) is 0 Å². The van der Waals surface area contributed by atoms with E-state index in [9.17, 15) is 5.11 Å². The Labute approximate surface area is 145 Å². The Bertz CT molecular complexity index is 531. The molecule has 1 aromatic carbocycles. The Morgan fingerprint density at radius 3 is 2.83 bits per heavy atom. The Balaban J connectivity index is 1.60. The van der Waals surface area contributed by atoms with Crippen molar-refractivity contribution in [1.29, 1.82) is 0 Å². The topological polar surface area (TPSA) is 45.2 Å². The highest BCUT2D eigenvalue weighted by molar-refractivity contribution is 5.27. The third-order valence-electron chi connectivity index (χ3n) is 5.09. The van der Waals surface area contributed by atoms with Crippen LogP contribution in [0.5, 0.6) is 5.75 Å². The summed E-state index contributed by atoms with van der Waals surface area (Å²) in [6.07, 6.45) is 2.32. The van der Waals surface area contributed by atoms with Gasteiger partial charge in [-0.05, 0) is 57.6 Å². The monoisotopic (exact) mass is 334 g/mol. The summed E-state index contributed by atoms with van der Waals surface area (Å²) in [6.45, 7) is 7.08. The number of benzene rings is 1. The normalized spacial score (nSPS) is 27.8. The van der Waals surface area contributed by atoms with Crippen LogP contribution in [0.3, 0.4) is 0 Å². The van der Waals surface area contributed by atoms with Crippen LogP contribution in [-0.2, 0) is 4.74 Å². The van der Waals surface area contributed by atoms with Crippen LogP contribution in [0.15, 0.2) is 24.3 Å². The largest absolute Gasteiger partial charge is 0.490 e. The molecule has 5 nitrogen and oxygen atoms in total. The van der Waals surface area contributed by atoms with Crippen molar-refractivity contribution < 1.29 is 14.6 Å². The highest BCUT2D eigenvalue weighted by Crippen LogP contribution is 2.22. The molecule has 3 rings (SSSR count).